The molecule has 1 nitrogen and oxygen atoms in total. The van der Waals surface area contributed by atoms with E-state index in [0.717, 1.165) is 23.5 Å². The Morgan fingerprint density at radius 1 is 0.968 bits per heavy atom. The fourth-order valence-corrected chi connectivity index (χ4v) is 6.39. The van der Waals surface area contributed by atoms with Crippen molar-refractivity contribution >= 4 is 0 Å². The standard InChI is InChI=1S/C30H38O/c1-3-8-22-9-4-5-11-25(19-22)28-18-16-23-10-6-7-12-27(23)30(28)31-26-17-13-21(2)29(20-26)24-14-15-24/h3,6-7,10,12-13,17,20,22,24-25,28,30H,1,4-5,8-9,11,14-16,18-19H2,2H3. The minimum atomic E-state index is 0.187. The summed E-state index contributed by atoms with van der Waals surface area (Å²) in [4.78, 5) is 0. The fraction of sp³-hybridized carbons (Fsp3) is 0.533. The number of benzene rings is 2. The largest absolute Gasteiger partial charge is 0.485 e. The molecule has 2 saturated carbocycles. The number of fused-ring (bicyclic) bond motifs is 1. The zero-order valence-corrected chi connectivity index (χ0v) is 19.2. The maximum Gasteiger partial charge on any atom is 0.127 e. The number of allylic oxidation sites excluding steroid dienone is 1. The Balaban J connectivity index is 1.45. The molecule has 0 bridgehead atoms. The first-order valence-electron chi connectivity index (χ1n) is 12.7. The molecule has 1 heteroatoms. The van der Waals surface area contributed by atoms with Gasteiger partial charge in [-0.25, -0.2) is 0 Å². The maximum absolute atomic E-state index is 6.94. The minimum absolute atomic E-state index is 0.187. The molecule has 164 valence electrons. The van der Waals surface area contributed by atoms with Crippen LogP contribution in [0.15, 0.2) is 55.1 Å². The second kappa shape index (κ2) is 9.23. The molecule has 0 heterocycles. The van der Waals surface area contributed by atoms with Crippen LogP contribution in [0.3, 0.4) is 0 Å². The second-order valence-corrected chi connectivity index (χ2v) is 10.4. The molecular weight excluding hydrogens is 376 g/mol. The number of hydrogen-bond donors (Lipinski definition) is 0. The van der Waals surface area contributed by atoms with E-state index in [1.807, 2.05) is 0 Å². The number of ether oxygens (including phenoxy) is 1. The van der Waals surface area contributed by atoms with Crippen LogP contribution in [0.1, 0.15) is 92.1 Å². The van der Waals surface area contributed by atoms with Crippen molar-refractivity contribution in [2.45, 2.75) is 83.2 Å². The molecule has 5 rings (SSSR count). The van der Waals surface area contributed by atoms with Gasteiger partial charge in [0.1, 0.15) is 11.9 Å². The van der Waals surface area contributed by atoms with Crippen molar-refractivity contribution in [3.8, 4) is 5.75 Å². The van der Waals surface area contributed by atoms with E-state index in [1.54, 1.807) is 0 Å². The van der Waals surface area contributed by atoms with Crippen LogP contribution in [0.25, 0.3) is 0 Å². The molecule has 0 N–H and O–H groups in total. The van der Waals surface area contributed by atoms with Crippen molar-refractivity contribution < 1.29 is 4.74 Å². The normalized spacial score (nSPS) is 28.4. The molecule has 0 aromatic heterocycles. The molecule has 0 radical (unpaired) electrons. The third-order valence-corrected chi connectivity index (χ3v) is 8.21. The predicted molar refractivity (Wildman–Crippen MR) is 130 cm³/mol. The lowest BCUT2D eigenvalue weighted by Crippen LogP contribution is -2.31. The highest BCUT2D eigenvalue weighted by atomic mass is 16.5. The van der Waals surface area contributed by atoms with E-state index in [-0.39, 0.29) is 6.10 Å². The quantitative estimate of drug-likeness (QED) is 0.341. The van der Waals surface area contributed by atoms with Crippen molar-refractivity contribution in [2.75, 3.05) is 0 Å². The summed E-state index contributed by atoms with van der Waals surface area (Å²) in [6.07, 6.45) is 15.5. The Morgan fingerprint density at radius 3 is 2.65 bits per heavy atom. The van der Waals surface area contributed by atoms with Crippen LogP contribution < -0.4 is 4.74 Å². The molecule has 4 atom stereocenters. The van der Waals surface area contributed by atoms with Crippen LogP contribution >= 0.6 is 0 Å². The summed E-state index contributed by atoms with van der Waals surface area (Å²) in [5.41, 5.74) is 5.87. The lowest BCUT2D eigenvalue weighted by Gasteiger charge is -2.39. The van der Waals surface area contributed by atoms with Gasteiger partial charge >= 0.3 is 0 Å². The summed E-state index contributed by atoms with van der Waals surface area (Å²) in [5.74, 6) is 4.03. The predicted octanol–water partition coefficient (Wildman–Crippen LogP) is 8.33. The molecule has 2 fully saturated rings. The van der Waals surface area contributed by atoms with Crippen LogP contribution in [-0.2, 0) is 6.42 Å². The smallest absolute Gasteiger partial charge is 0.127 e. The Morgan fingerprint density at radius 2 is 1.81 bits per heavy atom. The Kier molecular flexibility index (Phi) is 6.21. The van der Waals surface area contributed by atoms with E-state index in [1.165, 1.54) is 86.5 Å². The Hall–Kier alpha value is -2.02. The SMILES string of the molecule is C=CCC1CCCCC(C2CCc3ccccc3C2Oc2ccc(C)c(C3CC3)c2)C1. The summed E-state index contributed by atoms with van der Waals surface area (Å²) in [5, 5.41) is 0. The van der Waals surface area contributed by atoms with E-state index < -0.39 is 0 Å². The third-order valence-electron chi connectivity index (χ3n) is 8.21. The molecule has 2 aromatic rings. The molecular formula is C30H38O. The minimum Gasteiger partial charge on any atom is -0.485 e. The molecule has 4 unspecified atom stereocenters. The van der Waals surface area contributed by atoms with Gasteiger partial charge in [0.15, 0.2) is 0 Å². The average molecular weight is 415 g/mol. The van der Waals surface area contributed by atoms with E-state index in [9.17, 15) is 0 Å². The molecule has 0 spiro atoms. The van der Waals surface area contributed by atoms with Crippen LogP contribution in [0.5, 0.6) is 5.75 Å². The summed E-state index contributed by atoms with van der Waals surface area (Å²) in [6, 6.07) is 15.9. The van der Waals surface area contributed by atoms with Gasteiger partial charge in [-0.3, -0.25) is 0 Å². The van der Waals surface area contributed by atoms with E-state index in [4.69, 9.17) is 4.74 Å². The van der Waals surface area contributed by atoms with Gasteiger partial charge in [0.05, 0.1) is 0 Å². The maximum atomic E-state index is 6.94. The average Bonchev–Trinajstić information content (AvgIpc) is 3.63. The molecule has 0 aliphatic heterocycles. The molecule has 31 heavy (non-hydrogen) atoms. The Labute approximate surface area is 188 Å². The van der Waals surface area contributed by atoms with Crippen LogP contribution in [-0.4, -0.2) is 0 Å². The third kappa shape index (κ3) is 4.61. The summed E-state index contributed by atoms with van der Waals surface area (Å²) in [6.45, 7) is 6.28. The summed E-state index contributed by atoms with van der Waals surface area (Å²) >= 11 is 0. The monoisotopic (exact) mass is 414 g/mol. The van der Waals surface area contributed by atoms with Gasteiger partial charge in [-0.1, -0.05) is 62.1 Å². The van der Waals surface area contributed by atoms with Crippen molar-refractivity contribution in [2.24, 2.45) is 17.8 Å². The Bertz CT molecular complexity index is 908. The zero-order chi connectivity index (χ0) is 21.2. The van der Waals surface area contributed by atoms with Crippen LogP contribution in [0.4, 0.5) is 0 Å². The highest BCUT2D eigenvalue weighted by molar-refractivity contribution is 5.40. The van der Waals surface area contributed by atoms with Gasteiger partial charge in [-0.15, -0.1) is 6.58 Å². The summed E-state index contributed by atoms with van der Waals surface area (Å²) in [7, 11) is 0. The topological polar surface area (TPSA) is 9.23 Å². The number of aryl methyl sites for hydroxylation is 2. The van der Waals surface area contributed by atoms with E-state index in [2.05, 4.69) is 62.0 Å². The fourth-order valence-electron chi connectivity index (χ4n) is 6.39. The molecule has 2 aromatic carbocycles. The highest BCUT2D eigenvalue weighted by Crippen LogP contribution is 2.48. The van der Waals surface area contributed by atoms with Crippen LogP contribution in [0.2, 0.25) is 0 Å². The molecule has 0 saturated heterocycles. The lowest BCUT2D eigenvalue weighted by molar-refractivity contribution is 0.0675. The van der Waals surface area contributed by atoms with E-state index in [0.29, 0.717) is 5.92 Å². The van der Waals surface area contributed by atoms with Crippen molar-refractivity contribution in [3.63, 3.8) is 0 Å². The first-order chi connectivity index (χ1) is 15.2. The lowest BCUT2D eigenvalue weighted by atomic mass is 9.71. The number of rotatable bonds is 6. The van der Waals surface area contributed by atoms with Crippen molar-refractivity contribution in [1.29, 1.82) is 0 Å². The molecule has 0 amide bonds. The molecule has 3 aliphatic rings. The second-order valence-electron chi connectivity index (χ2n) is 10.4. The molecule has 3 aliphatic carbocycles. The summed E-state index contributed by atoms with van der Waals surface area (Å²) < 4.78 is 6.94. The van der Waals surface area contributed by atoms with Gasteiger partial charge < -0.3 is 4.74 Å². The van der Waals surface area contributed by atoms with Crippen molar-refractivity contribution in [1.82, 2.24) is 0 Å². The van der Waals surface area contributed by atoms with Gasteiger partial charge in [0.2, 0.25) is 0 Å². The zero-order valence-electron chi connectivity index (χ0n) is 19.2. The van der Waals surface area contributed by atoms with Crippen molar-refractivity contribution in [3.05, 3.63) is 77.4 Å². The van der Waals surface area contributed by atoms with Gasteiger partial charge in [-0.05, 0) is 97.6 Å². The highest BCUT2D eigenvalue weighted by Gasteiger charge is 2.38. The first kappa shape index (κ1) is 20.9. The number of hydrogen-bond acceptors (Lipinski definition) is 1. The van der Waals surface area contributed by atoms with Crippen LogP contribution in [0, 0.1) is 24.7 Å². The van der Waals surface area contributed by atoms with Gasteiger partial charge in [0.25, 0.3) is 0 Å². The van der Waals surface area contributed by atoms with Gasteiger partial charge in [0, 0.05) is 5.92 Å². The first-order valence-corrected chi connectivity index (χ1v) is 12.7. The van der Waals surface area contributed by atoms with Gasteiger partial charge in [-0.2, -0.15) is 0 Å². The van der Waals surface area contributed by atoms with E-state index >= 15 is 0 Å².